The molecule has 0 radical (unpaired) electrons. The van der Waals surface area contributed by atoms with Crippen molar-refractivity contribution >= 4 is 12.1 Å². The number of aryl methyl sites for hydroxylation is 2. The predicted octanol–water partition coefficient (Wildman–Crippen LogP) is 4.43. The average molecular weight is 375 g/mol. The molecule has 1 amide bonds. The summed E-state index contributed by atoms with van der Waals surface area (Å²) in [5.41, 5.74) is 8.65. The second kappa shape index (κ2) is 8.57. The number of methoxy groups -OCH3 is 1. The SMILES string of the molecule is CCc1ccc(-n2c(C)cc(/C=N\NC(=O)c3cccc(OC)c3)c2C)cc1. The first kappa shape index (κ1) is 19.4. The largest absolute Gasteiger partial charge is 0.497 e. The van der Waals surface area contributed by atoms with E-state index in [1.54, 1.807) is 37.6 Å². The number of nitrogens with zero attached hydrogens (tertiary/aromatic N) is 2. The summed E-state index contributed by atoms with van der Waals surface area (Å²) in [6.45, 7) is 6.26. The molecule has 0 saturated carbocycles. The van der Waals surface area contributed by atoms with E-state index in [1.807, 2.05) is 6.92 Å². The van der Waals surface area contributed by atoms with E-state index >= 15 is 0 Å². The van der Waals surface area contributed by atoms with Gasteiger partial charge in [0, 0.05) is 28.2 Å². The third-order valence-electron chi connectivity index (χ3n) is 4.77. The number of ether oxygens (including phenoxy) is 1. The highest BCUT2D eigenvalue weighted by Crippen LogP contribution is 2.20. The van der Waals surface area contributed by atoms with Gasteiger partial charge < -0.3 is 9.30 Å². The fraction of sp³-hybridized carbons (Fsp3) is 0.217. The summed E-state index contributed by atoms with van der Waals surface area (Å²) in [6.07, 6.45) is 2.70. The van der Waals surface area contributed by atoms with Crippen molar-refractivity contribution in [3.63, 3.8) is 0 Å². The van der Waals surface area contributed by atoms with Gasteiger partial charge in [-0.05, 0) is 62.2 Å². The van der Waals surface area contributed by atoms with Crippen LogP contribution in [0.3, 0.4) is 0 Å². The standard InChI is InChI=1S/C23H25N3O2/c1-5-18-9-11-21(12-10-18)26-16(2)13-20(17(26)3)15-24-25-23(27)19-7-6-8-22(14-19)28-4/h6-15H,5H2,1-4H3,(H,25,27)/b24-15-. The van der Waals surface area contributed by atoms with Crippen molar-refractivity contribution in [2.75, 3.05) is 7.11 Å². The number of carbonyl (C=O) groups excluding carboxylic acids is 1. The highest BCUT2D eigenvalue weighted by Gasteiger charge is 2.10. The lowest BCUT2D eigenvalue weighted by atomic mass is 10.1. The molecule has 1 N–H and O–H groups in total. The average Bonchev–Trinajstić information content (AvgIpc) is 3.01. The quantitative estimate of drug-likeness (QED) is 0.512. The first-order chi connectivity index (χ1) is 13.5. The topological polar surface area (TPSA) is 55.6 Å². The molecule has 0 atom stereocenters. The molecule has 1 heterocycles. The lowest BCUT2D eigenvalue weighted by Gasteiger charge is -2.10. The van der Waals surface area contributed by atoms with Crippen LogP contribution in [-0.4, -0.2) is 23.8 Å². The summed E-state index contributed by atoms with van der Waals surface area (Å²) in [7, 11) is 1.57. The molecule has 0 aliphatic carbocycles. The van der Waals surface area contributed by atoms with E-state index in [4.69, 9.17) is 4.74 Å². The van der Waals surface area contributed by atoms with Crippen molar-refractivity contribution < 1.29 is 9.53 Å². The van der Waals surface area contributed by atoms with E-state index in [0.717, 1.165) is 29.1 Å². The third-order valence-corrected chi connectivity index (χ3v) is 4.77. The molecule has 0 unspecified atom stereocenters. The van der Waals surface area contributed by atoms with E-state index < -0.39 is 0 Å². The molecule has 0 aliphatic heterocycles. The molecule has 1 aromatic heterocycles. The van der Waals surface area contributed by atoms with Crippen LogP contribution < -0.4 is 10.2 Å². The summed E-state index contributed by atoms with van der Waals surface area (Å²) in [5, 5.41) is 4.13. The molecule has 5 heteroatoms. The molecule has 3 aromatic rings. The minimum atomic E-state index is -0.279. The molecule has 5 nitrogen and oxygen atoms in total. The van der Waals surface area contributed by atoms with Gasteiger partial charge in [0.05, 0.1) is 13.3 Å². The Labute approximate surface area is 165 Å². The number of rotatable bonds is 6. The minimum Gasteiger partial charge on any atom is -0.497 e. The summed E-state index contributed by atoms with van der Waals surface area (Å²) in [5.74, 6) is 0.355. The maximum atomic E-state index is 12.3. The number of hydrazone groups is 1. The first-order valence-corrected chi connectivity index (χ1v) is 9.29. The second-order valence-electron chi connectivity index (χ2n) is 6.61. The van der Waals surface area contributed by atoms with Crippen molar-refractivity contribution in [1.82, 2.24) is 9.99 Å². The lowest BCUT2D eigenvalue weighted by molar-refractivity contribution is 0.0955. The van der Waals surface area contributed by atoms with Gasteiger partial charge in [0.1, 0.15) is 5.75 Å². The zero-order valence-electron chi connectivity index (χ0n) is 16.7. The highest BCUT2D eigenvalue weighted by molar-refractivity contribution is 5.95. The molecule has 0 fully saturated rings. The van der Waals surface area contributed by atoms with Crippen LogP contribution in [0.4, 0.5) is 0 Å². The van der Waals surface area contributed by atoms with Crippen molar-refractivity contribution in [3.05, 3.63) is 82.7 Å². The molecular weight excluding hydrogens is 350 g/mol. The molecule has 3 rings (SSSR count). The van der Waals surface area contributed by atoms with Crippen LogP contribution in [0.1, 0.15) is 39.8 Å². The Bertz CT molecular complexity index is 1000. The van der Waals surface area contributed by atoms with Crippen molar-refractivity contribution in [2.45, 2.75) is 27.2 Å². The van der Waals surface area contributed by atoms with Crippen LogP contribution >= 0.6 is 0 Å². The molecular formula is C23H25N3O2. The Morgan fingerprint density at radius 2 is 1.89 bits per heavy atom. The van der Waals surface area contributed by atoms with Crippen molar-refractivity contribution in [1.29, 1.82) is 0 Å². The van der Waals surface area contributed by atoms with Crippen molar-refractivity contribution in [3.8, 4) is 11.4 Å². The molecule has 0 saturated heterocycles. The van der Waals surface area contributed by atoms with Crippen molar-refractivity contribution in [2.24, 2.45) is 5.10 Å². The third kappa shape index (κ3) is 4.14. The number of benzene rings is 2. The maximum absolute atomic E-state index is 12.3. The monoisotopic (exact) mass is 375 g/mol. The number of aromatic nitrogens is 1. The van der Waals surface area contributed by atoms with Gasteiger partial charge in [-0.1, -0.05) is 25.1 Å². The van der Waals surface area contributed by atoms with Crippen LogP contribution in [0.5, 0.6) is 5.75 Å². The van der Waals surface area contributed by atoms with Crippen LogP contribution in [0, 0.1) is 13.8 Å². The van der Waals surface area contributed by atoms with Crippen LogP contribution in [0.15, 0.2) is 59.7 Å². The van der Waals surface area contributed by atoms with Gasteiger partial charge in [0.25, 0.3) is 5.91 Å². The zero-order chi connectivity index (χ0) is 20.1. The van der Waals surface area contributed by atoms with Gasteiger partial charge in [-0.15, -0.1) is 0 Å². The van der Waals surface area contributed by atoms with Crippen LogP contribution in [-0.2, 0) is 6.42 Å². The Kier molecular flexibility index (Phi) is 5.94. The van der Waals surface area contributed by atoms with Crippen LogP contribution in [0.2, 0.25) is 0 Å². The summed E-state index contributed by atoms with van der Waals surface area (Å²) in [6, 6.07) is 17.6. The number of carbonyl (C=O) groups is 1. The van der Waals surface area contributed by atoms with Gasteiger partial charge in [0.2, 0.25) is 0 Å². The summed E-state index contributed by atoms with van der Waals surface area (Å²) >= 11 is 0. The van der Waals surface area contributed by atoms with E-state index in [-0.39, 0.29) is 5.91 Å². The Balaban J connectivity index is 1.76. The fourth-order valence-corrected chi connectivity index (χ4v) is 3.19. The number of hydrogen-bond donors (Lipinski definition) is 1. The Morgan fingerprint density at radius 3 is 2.57 bits per heavy atom. The maximum Gasteiger partial charge on any atom is 0.271 e. The number of nitrogens with one attached hydrogen (secondary N) is 1. The van der Waals surface area contributed by atoms with Crippen LogP contribution in [0.25, 0.3) is 5.69 Å². The zero-order valence-corrected chi connectivity index (χ0v) is 16.7. The van der Waals surface area contributed by atoms with E-state index in [9.17, 15) is 4.79 Å². The van der Waals surface area contributed by atoms with Gasteiger partial charge >= 0.3 is 0 Å². The highest BCUT2D eigenvalue weighted by atomic mass is 16.5. The normalized spacial score (nSPS) is 11.0. The van der Waals surface area contributed by atoms with E-state index in [2.05, 4.69) is 59.3 Å². The molecule has 0 bridgehead atoms. The predicted molar refractivity (Wildman–Crippen MR) is 113 cm³/mol. The Hall–Kier alpha value is -3.34. The van der Waals surface area contributed by atoms with E-state index in [1.165, 1.54) is 5.56 Å². The second-order valence-corrected chi connectivity index (χ2v) is 6.61. The smallest absolute Gasteiger partial charge is 0.271 e. The fourth-order valence-electron chi connectivity index (χ4n) is 3.19. The Morgan fingerprint density at radius 1 is 1.14 bits per heavy atom. The molecule has 2 aromatic carbocycles. The van der Waals surface area contributed by atoms with Gasteiger partial charge in [0.15, 0.2) is 0 Å². The molecule has 28 heavy (non-hydrogen) atoms. The molecule has 0 aliphatic rings. The summed E-state index contributed by atoms with van der Waals surface area (Å²) < 4.78 is 7.33. The van der Waals surface area contributed by atoms with Gasteiger partial charge in [-0.25, -0.2) is 5.43 Å². The van der Waals surface area contributed by atoms with E-state index in [0.29, 0.717) is 11.3 Å². The molecule has 0 spiro atoms. The van der Waals surface area contributed by atoms with Gasteiger partial charge in [-0.3, -0.25) is 4.79 Å². The number of amides is 1. The summed E-state index contributed by atoms with van der Waals surface area (Å²) in [4.78, 5) is 12.3. The molecule has 144 valence electrons. The lowest BCUT2D eigenvalue weighted by Crippen LogP contribution is -2.17. The first-order valence-electron chi connectivity index (χ1n) is 9.29. The van der Waals surface area contributed by atoms with Gasteiger partial charge in [-0.2, -0.15) is 5.10 Å². The number of hydrogen-bond acceptors (Lipinski definition) is 3. The minimum absolute atomic E-state index is 0.279.